The van der Waals surface area contributed by atoms with Gasteiger partial charge in [-0.3, -0.25) is 4.98 Å². The lowest BCUT2D eigenvalue weighted by molar-refractivity contribution is 0.102. The van der Waals surface area contributed by atoms with Crippen molar-refractivity contribution in [2.75, 3.05) is 0 Å². The van der Waals surface area contributed by atoms with Crippen LogP contribution < -0.4 is 0 Å². The van der Waals surface area contributed by atoms with Crippen molar-refractivity contribution in [3.05, 3.63) is 75.4 Å². The monoisotopic (exact) mass is 361 g/mol. The Bertz CT molecular complexity index is 817. The normalized spacial score (nSPS) is 14.1. The molecular formula is C17H13BrClNO. The summed E-state index contributed by atoms with van der Waals surface area (Å²) >= 11 is 9.65. The number of pyridine rings is 1. The molecule has 3 rings (SSSR count). The average molecular weight is 363 g/mol. The van der Waals surface area contributed by atoms with E-state index >= 15 is 0 Å². The van der Waals surface area contributed by atoms with Crippen LogP contribution in [0, 0.1) is 0 Å². The molecule has 1 atom stereocenters. The van der Waals surface area contributed by atoms with Crippen molar-refractivity contribution in [1.29, 1.82) is 0 Å². The van der Waals surface area contributed by atoms with E-state index in [4.69, 9.17) is 11.6 Å². The third-order valence-electron chi connectivity index (χ3n) is 3.61. The quantitative estimate of drug-likeness (QED) is 0.703. The smallest absolute Gasteiger partial charge is 0.115 e. The Hall–Kier alpha value is -1.42. The zero-order chi connectivity index (χ0) is 15.0. The van der Waals surface area contributed by atoms with Gasteiger partial charge in [0.15, 0.2) is 0 Å². The molecule has 4 heteroatoms. The summed E-state index contributed by atoms with van der Waals surface area (Å²) in [4.78, 5) is 4.41. The number of nitrogens with zero attached hydrogens (tertiary/aromatic N) is 1. The number of benzene rings is 2. The second-order valence-corrected chi connectivity index (χ2v) is 6.44. The summed E-state index contributed by atoms with van der Waals surface area (Å²) in [6, 6.07) is 15.2. The number of hydrogen-bond acceptors (Lipinski definition) is 2. The van der Waals surface area contributed by atoms with E-state index in [0.29, 0.717) is 16.1 Å². The van der Waals surface area contributed by atoms with Crippen LogP contribution >= 0.6 is 27.5 Å². The van der Waals surface area contributed by atoms with E-state index < -0.39 is 5.60 Å². The highest BCUT2D eigenvalue weighted by atomic mass is 79.9. The number of halogens is 2. The SMILES string of the molecule is CC(O)(c1cnc2ccccc2c1)c1ccc(Br)cc1Cl. The molecule has 0 saturated carbocycles. The summed E-state index contributed by atoms with van der Waals surface area (Å²) in [7, 11) is 0. The highest BCUT2D eigenvalue weighted by molar-refractivity contribution is 9.10. The minimum absolute atomic E-state index is 0.516. The number of aromatic nitrogens is 1. The Labute approximate surface area is 136 Å². The Kier molecular flexibility index (Phi) is 3.74. The molecule has 3 aromatic rings. The Morgan fingerprint density at radius 1 is 1.14 bits per heavy atom. The molecule has 0 aliphatic heterocycles. The van der Waals surface area contributed by atoms with E-state index in [1.807, 2.05) is 42.5 Å². The molecule has 1 heterocycles. The van der Waals surface area contributed by atoms with Crippen molar-refractivity contribution in [3.63, 3.8) is 0 Å². The van der Waals surface area contributed by atoms with Gasteiger partial charge in [-0.2, -0.15) is 0 Å². The van der Waals surface area contributed by atoms with Crippen LogP contribution in [0.4, 0.5) is 0 Å². The summed E-state index contributed by atoms with van der Waals surface area (Å²) < 4.78 is 0.878. The second-order valence-electron chi connectivity index (χ2n) is 5.11. The number of fused-ring (bicyclic) bond motifs is 1. The van der Waals surface area contributed by atoms with E-state index in [-0.39, 0.29) is 0 Å². The molecule has 1 aromatic heterocycles. The number of para-hydroxylation sites is 1. The molecular weight excluding hydrogens is 350 g/mol. The maximum absolute atomic E-state index is 10.9. The van der Waals surface area contributed by atoms with Gasteiger partial charge in [-0.25, -0.2) is 0 Å². The van der Waals surface area contributed by atoms with E-state index in [9.17, 15) is 5.11 Å². The molecule has 2 aromatic carbocycles. The van der Waals surface area contributed by atoms with Crippen LogP contribution in [0.5, 0.6) is 0 Å². The van der Waals surface area contributed by atoms with Gasteiger partial charge in [0.05, 0.1) is 5.52 Å². The van der Waals surface area contributed by atoms with E-state index in [1.54, 1.807) is 19.2 Å². The summed E-state index contributed by atoms with van der Waals surface area (Å²) in [6.45, 7) is 1.73. The first-order valence-electron chi connectivity index (χ1n) is 6.51. The van der Waals surface area contributed by atoms with Gasteiger partial charge in [0.1, 0.15) is 5.60 Å². The summed E-state index contributed by atoms with van der Waals surface area (Å²) in [6.07, 6.45) is 1.70. The van der Waals surface area contributed by atoms with Crippen molar-refractivity contribution in [2.24, 2.45) is 0 Å². The van der Waals surface area contributed by atoms with Gasteiger partial charge in [-0.15, -0.1) is 0 Å². The minimum atomic E-state index is -1.20. The third kappa shape index (κ3) is 2.69. The molecule has 0 saturated heterocycles. The maximum atomic E-state index is 10.9. The van der Waals surface area contributed by atoms with Crippen molar-refractivity contribution in [2.45, 2.75) is 12.5 Å². The van der Waals surface area contributed by atoms with Crippen LogP contribution in [0.15, 0.2) is 59.2 Å². The van der Waals surface area contributed by atoms with Crippen LogP contribution in [0.2, 0.25) is 5.02 Å². The van der Waals surface area contributed by atoms with E-state index in [2.05, 4.69) is 20.9 Å². The Morgan fingerprint density at radius 3 is 2.67 bits per heavy atom. The second kappa shape index (κ2) is 5.41. The predicted octanol–water partition coefficient (Wildman–Crippen LogP) is 4.91. The minimum Gasteiger partial charge on any atom is -0.381 e. The molecule has 0 radical (unpaired) electrons. The number of hydrogen-bond donors (Lipinski definition) is 1. The fourth-order valence-corrected chi connectivity index (χ4v) is 3.23. The molecule has 0 spiro atoms. The molecule has 0 aliphatic rings. The molecule has 0 bridgehead atoms. The van der Waals surface area contributed by atoms with Crippen LogP contribution in [-0.4, -0.2) is 10.1 Å². The van der Waals surface area contributed by atoms with Gasteiger partial charge in [0.25, 0.3) is 0 Å². The molecule has 2 nitrogen and oxygen atoms in total. The highest BCUT2D eigenvalue weighted by Crippen LogP contribution is 2.35. The maximum Gasteiger partial charge on any atom is 0.115 e. The number of rotatable bonds is 2. The molecule has 21 heavy (non-hydrogen) atoms. The predicted molar refractivity (Wildman–Crippen MR) is 89.6 cm³/mol. The fraction of sp³-hybridized carbons (Fsp3) is 0.118. The van der Waals surface area contributed by atoms with Crippen LogP contribution in [0.25, 0.3) is 10.9 Å². The van der Waals surface area contributed by atoms with E-state index in [1.165, 1.54) is 0 Å². The molecule has 0 amide bonds. The van der Waals surface area contributed by atoms with Gasteiger partial charge in [-0.05, 0) is 31.2 Å². The Balaban J connectivity index is 2.14. The molecule has 0 fully saturated rings. The fourth-order valence-electron chi connectivity index (χ4n) is 2.38. The van der Waals surface area contributed by atoms with Gasteiger partial charge in [-0.1, -0.05) is 51.8 Å². The zero-order valence-electron chi connectivity index (χ0n) is 11.3. The zero-order valence-corrected chi connectivity index (χ0v) is 13.7. The lowest BCUT2D eigenvalue weighted by atomic mass is 9.88. The van der Waals surface area contributed by atoms with Gasteiger partial charge < -0.3 is 5.11 Å². The lowest BCUT2D eigenvalue weighted by Crippen LogP contribution is -2.23. The van der Waals surface area contributed by atoms with Crippen LogP contribution in [-0.2, 0) is 5.60 Å². The van der Waals surface area contributed by atoms with Gasteiger partial charge in [0, 0.05) is 32.2 Å². The molecule has 106 valence electrons. The van der Waals surface area contributed by atoms with Crippen molar-refractivity contribution < 1.29 is 5.11 Å². The molecule has 1 N–H and O–H groups in total. The lowest BCUT2D eigenvalue weighted by Gasteiger charge is -2.25. The van der Waals surface area contributed by atoms with Gasteiger partial charge in [0.2, 0.25) is 0 Å². The highest BCUT2D eigenvalue weighted by Gasteiger charge is 2.28. The largest absolute Gasteiger partial charge is 0.381 e. The first kappa shape index (κ1) is 14.5. The van der Waals surface area contributed by atoms with E-state index in [0.717, 1.165) is 15.4 Å². The molecule has 0 aliphatic carbocycles. The average Bonchev–Trinajstić information content (AvgIpc) is 2.46. The standard InChI is InChI=1S/C17H13BrClNO/c1-17(21,14-7-6-13(18)9-15(14)19)12-8-11-4-2-3-5-16(11)20-10-12/h2-10,21H,1H3. The summed E-state index contributed by atoms with van der Waals surface area (Å²) in [5.74, 6) is 0. The van der Waals surface area contributed by atoms with Gasteiger partial charge >= 0.3 is 0 Å². The van der Waals surface area contributed by atoms with Crippen LogP contribution in [0.3, 0.4) is 0 Å². The number of aliphatic hydroxyl groups is 1. The van der Waals surface area contributed by atoms with Crippen molar-refractivity contribution in [1.82, 2.24) is 4.98 Å². The summed E-state index contributed by atoms with van der Waals surface area (Å²) in [5.41, 5.74) is 1.07. The Morgan fingerprint density at radius 2 is 1.90 bits per heavy atom. The van der Waals surface area contributed by atoms with Crippen LogP contribution in [0.1, 0.15) is 18.1 Å². The van der Waals surface area contributed by atoms with Crippen molar-refractivity contribution in [3.8, 4) is 0 Å². The first-order chi connectivity index (χ1) is 9.98. The topological polar surface area (TPSA) is 33.1 Å². The first-order valence-corrected chi connectivity index (χ1v) is 7.69. The molecule has 1 unspecified atom stereocenters. The summed E-state index contributed by atoms with van der Waals surface area (Å²) in [5, 5.41) is 12.5. The van der Waals surface area contributed by atoms with Crippen molar-refractivity contribution >= 4 is 38.4 Å². The third-order valence-corrected chi connectivity index (χ3v) is 4.41.